The average molecular weight is 877 g/mol. The smallest absolute Gasteiger partial charge is 0.0634 e. The standard InChI is InChI=1S/C66H56N2/c1-63(2,41-21-13-9-14-22-41)45-29-33-53-49(37-45)57-58-50-38-46(64(3,4)42-23-15-10-16-24-42)31-35-55(50)68-56-36-32-48(66(7,8)44-27-19-12-20-28-44)40-52(56)60(62(58)68)59-51-39-47(30-34-54(51)67(53)61(57)59)65(5,6)43-25-17-11-18-26-43/h9-40H,1-8H3. The number of hydrogen-bond donors (Lipinski definition) is 0. The first kappa shape index (κ1) is 40.8. The van der Waals surface area contributed by atoms with Gasteiger partial charge in [-0.3, -0.25) is 0 Å². The lowest BCUT2D eigenvalue weighted by molar-refractivity contribution is 0.641. The van der Waals surface area contributed by atoms with Crippen LogP contribution in [-0.4, -0.2) is 8.80 Å². The second-order valence-electron chi connectivity index (χ2n) is 21.8. The van der Waals surface area contributed by atoms with E-state index < -0.39 is 0 Å². The van der Waals surface area contributed by atoms with Crippen molar-refractivity contribution >= 4 is 76.2 Å². The molecule has 13 aromatic rings. The van der Waals surface area contributed by atoms with E-state index in [4.69, 9.17) is 0 Å². The fourth-order valence-electron chi connectivity index (χ4n) is 12.3. The molecule has 0 radical (unpaired) electrons. The van der Waals surface area contributed by atoms with Crippen molar-refractivity contribution in [3.05, 3.63) is 239 Å². The third-order valence-corrected chi connectivity index (χ3v) is 16.8. The first-order valence-corrected chi connectivity index (χ1v) is 24.4. The number of benzene rings is 9. The van der Waals surface area contributed by atoms with E-state index in [-0.39, 0.29) is 21.7 Å². The lowest BCUT2D eigenvalue weighted by Crippen LogP contribution is -2.18. The number of rotatable bonds is 8. The van der Waals surface area contributed by atoms with Crippen LogP contribution in [0.1, 0.15) is 99.9 Å². The van der Waals surface area contributed by atoms with E-state index in [0.717, 1.165) is 0 Å². The van der Waals surface area contributed by atoms with Gasteiger partial charge in [-0.15, -0.1) is 0 Å². The summed E-state index contributed by atoms with van der Waals surface area (Å²) in [7, 11) is 0. The van der Waals surface area contributed by atoms with Crippen molar-refractivity contribution < 1.29 is 0 Å². The quantitative estimate of drug-likeness (QED) is 0.144. The van der Waals surface area contributed by atoms with Gasteiger partial charge in [-0.1, -0.05) is 201 Å². The maximum Gasteiger partial charge on any atom is 0.0634 e. The second-order valence-corrected chi connectivity index (χ2v) is 21.8. The van der Waals surface area contributed by atoms with E-state index in [1.807, 2.05) is 0 Å². The number of nitrogens with zero attached hydrogens (tertiary/aromatic N) is 2. The molecule has 4 aromatic heterocycles. The van der Waals surface area contributed by atoms with Gasteiger partial charge >= 0.3 is 0 Å². The first-order valence-electron chi connectivity index (χ1n) is 24.4. The SMILES string of the molecule is CC(C)(c1ccccc1)c1ccc2c(c1)c1c3c4cc(C(C)(C)c5ccccc5)ccc4n4c5ccc(C(C)(C)c6ccccc6)cc5c(c5c6cc(C(C)(C)c7ccccc7)ccc6n2c15)c34. The van der Waals surface area contributed by atoms with Crippen LogP contribution in [0.2, 0.25) is 0 Å². The van der Waals surface area contributed by atoms with Gasteiger partial charge in [0.1, 0.15) is 0 Å². The lowest BCUT2D eigenvalue weighted by Gasteiger charge is -2.27. The van der Waals surface area contributed by atoms with Crippen LogP contribution in [0.4, 0.5) is 0 Å². The Morgan fingerprint density at radius 1 is 0.235 bits per heavy atom. The Labute approximate surface area is 398 Å². The van der Waals surface area contributed by atoms with Gasteiger partial charge in [0.2, 0.25) is 0 Å². The topological polar surface area (TPSA) is 8.82 Å². The molecule has 68 heavy (non-hydrogen) atoms. The van der Waals surface area contributed by atoms with E-state index >= 15 is 0 Å². The summed E-state index contributed by atoms with van der Waals surface area (Å²) in [4.78, 5) is 0. The van der Waals surface area contributed by atoms with Crippen molar-refractivity contribution in [2.45, 2.75) is 77.0 Å². The van der Waals surface area contributed by atoms with Crippen LogP contribution in [0.5, 0.6) is 0 Å². The molecule has 4 heterocycles. The highest BCUT2D eigenvalue weighted by molar-refractivity contribution is 6.45. The fraction of sp³-hybridized carbons (Fsp3) is 0.182. The monoisotopic (exact) mass is 876 g/mol. The third kappa shape index (κ3) is 5.46. The van der Waals surface area contributed by atoms with Gasteiger partial charge in [-0.2, -0.15) is 0 Å². The molecule has 0 N–H and O–H groups in total. The molecule has 0 spiro atoms. The van der Waals surface area contributed by atoms with Crippen molar-refractivity contribution in [2.24, 2.45) is 0 Å². The van der Waals surface area contributed by atoms with Gasteiger partial charge in [-0.25, -0.2) is 0 Å². The molecular formula is C66H56N2. The highest BCUT2D eigenvalue weighted by Gasteiger charge is 2.34. The molecule has 9 aromatic carbocycles. The van der Waals surface area contributed by atoms with Gasteiger partial charge in [0.05, 0.1) is 33.1 Å². The first-order chi connectivity index (χ1) is 32.8. The number of hydrogen-bond acceptors (Lipinski definition) is 0. The number of fused-ring (bicyclic) bond motifs is 14. The molecule has 0 saturated carbocycles. The normalized spacial score (nSPS) is 13.3. The lowest BCUT2D eigenvalue weighted by atomic mass is 9.77. The van der Waals surface area contributed by atoms with Crippen LogP contribution >= 0.6 is 0 Å². The molecule has 2 heteroatoms. The summed E-state index contributed by atoms with van der Waals surface area (Å²) < 4.78 is 5.25. The van der Waals surface area contributed by atoms with Crippen molar-refractivity contribution in [2.75, 3.05) is 0 Å². The van der Waals surface area contributed by atoms with Crippen molar-refractivity contribution in [3.63, 3.8) is 0 Å². The molecule has 0 amide bonds. The van der Waals surface area contributed by atoms with Gasteiger partial charge in [0, 0.05) is 64.7 Å². The zero-order valence-electron chi connectivity index (χ0n) is 40.4. The molecule has 13 rings (SSSR count). The minimum absolute atomic E-state index is 0.210. The molecule has 2 nitrogen and oxygen atoms in total. The maximum absolute atomic E-state index is 2.63. The molecule has 0 atom stereocenters. The largest absolute Gasteiger partial charge is 0.308 e. The van der Waals surface area contributed by atoms with Gasteiger partial charge in [0.15, 0.2) is 0 Å². The Morgan fingerprint density at radius 3 is 0.647 bits per heavy atom. The second kappa shape index (κ2) is 14.1. The number of aromatic nitrogens is 2. The fourth-order valence-corrected chi connectivity index (χ4v) is 12.3. The molecule has 0 aliphatic carbocycles. The van der Waals surface area contributed by atoms with Crippen LogP contribution < -0.4 is 0 Å². The van der Waals surface area contributed by atoms with Crippen LogP contribution in [0.3, 0.4) is 0 Å². The van der Waals surface area contributed by atoms with E-state index in [2.05, 4.69) is 258 Å². The van der Waals surface area contributed by atoms with Crippen molar-refractivity contribution in [3.8, 4) is 0 Å². The Hall–Kier alpha value is -7.42. The Kier molecular flexibility index (Phi) is 8.44. The van der Waals surface area contributed by atoms with E-state index in [0.29, 0.717) is 0 Å². The summed E-state index contributed by atoms with van der Waals surface area (Å²) in [5.41, 5.74) is 17.3. The van der Waals surface area contributed by atoms with Crippen molar-refractivity contribution in [1.29, 1.82) is 0 Å². The molecular weight excluding hydrogens is 821 g/mol. The minimum atomic E-state index is -0.210. The molecule has 0 unspecified atom stereocenters. The molecule has 0 aliphatic heterocycles. The van der Waals surface area contributed by atoms with Crippen LogP contribution in [0.25, 0.3) is 76.2 Å². The van der Waals surface area contributed by atoms with E-state index in [1.165, 1.54) is 121 Å². The van der Waals surface area contributed by atoms with E-state index in [9.17, 15) is 0 Å². The van der Waals surface area contributed by atoms with Crippen molar-refractivity contribution in [1.82, 2.24) is 8.80 Å². The molecule has 0 aliphatic rings. The predicted molar refractivity (Wildman–Crippen MR) is 290 cm³/mol. The molecule has 0 saturated heterocycles. The van der Waals surface area contributed by atoms with Gasteiger partial charge in [-0.05, 0) is 93.0 Å². The zero-order chi connectivity index (χ0) is 46.5. The summed E-state index contributed by atoms with van der Waals surface area (Å²) in [6.07, 6.45) is 0. The Balaban J connectivity index is 1.24. The van der Waals surface area contributed by atoms with E-state index in [1.54, 1.807) is 0 Å². The molecule has 0 bridgehead atoms. The third-order valence-electron chi connectivity index (χ3n) is 16.8. The highest BCUT2D eigenvalue weighted by Crippen LogP contribution is 2.54. The van der Waals surface area contributed by atoms with Crippen LogP contribution in [-0.2, 0) is 21.7 Å². The highest BCUT2D eigenvalue weighted by atomic mass is 14.9. The summed E-state index contributed by atoms with van der Waals surface area (Å²) in [5.74, 6) is 0. The molecule has 330 valence electrons. The average Bonchev–Trinajstić information content (AvgIpc) is 4.10. The van der Waals surface area contributed by atoms with Crippen LogP contribution in [0, 0.1) is 0 Å². The minimum Gasteiger partial charge on any atom is -0.308 e. The Bertz CT molecular complexity index is 3560. The van der Waals surface area contributed by atoms with Gasteiger partial charge in [0.25, 0.3) is 0 Å². The zero-order valence-corrected chi connectivity index (χ0v) is 40.4. The van der Waals surface area contributed by atoms with Gasteiger partial charge < -0.3 is 8.80 Å². The summed E-state index contributed by atoms with van der Waals surface area (Å²) in [6, 6.07) is 73.5. The summed E-state index contributed by atoms with van der Waals surface area (Å²) >= 11 is 0. The summed E-state index contributed by atoms with van der Waals surface area (Å²) in [6.45, 7) is 19.0. The predicted octanol–water partition coefficient (Wildman–Crippen LogP) is 17.3. The molecule has 0 fully saturated rings. The summed E-state index contributed by atoms with van der Waals surface area (Å²) in [5, 5.41) is 10.6. The van der Waals surface area contributed by atoms with Crippen LogP contribution in [0.15, 0.2) is 194 Å². The maximum atomic E-state index is 2.63. The Morgan fingerprint density at radius 2 is 0.441 bits per heavy atom.